The average molecular weight is 364 g/mol. The molecule has 1 aromatic heterocycles. The van der Waals surface area contributed by atoms with Crippen molar-refractivity contribution in [2.45, 2.75) is 30.7 Å². The SMILES string of the molecule is C=CC(=O)N1CC2(c3cc(/C=C(\N)c4ccccc4O)c(N)[nH]3)CCC1C2. The second-order valence-electron chi connectivity index (χ2n) is 7.52. The predicted molar refractivity (Wildman–Crippen MR) is 107 cm³/mol. The van der Waals surface area contributed by atoms with Crippen LogP contribution in [0.2, 0.25) is 0 Å². The lowest BCUT2D eigenvalue weighted by atomic mass is 9.83. The summed E-state index contributed by atoms with van der Waals surface area (Å²) >= 11 is 0. The number of para-hydroxylation sites is 1. The molecule has 2 bridgehead atoms. The normalized spacial score (nSPS) is 24.4. The van der Waals surface area contributed by atoms with Crippen LogP contribution in [-0.2, 0) is 10.2 Å². The van der Waals surface area contributed by atoms with Crippen molar-refractivity contribution in [2.75, 3.05) is 12.3 Å². The number of phenols is 1. The molecule has 1 saturated carbocycles. The van der Waals surface area contributed by atoms with E-state index in [4.69, 9.17) is 11.5 Å². The van der Waals surface area contributed by atoms with E-state index in [2.05, 4.69) is 11.6 Å². The number of aromatic nitrogens is 1. The number of amides is 1. The summed E-state index contributed by atoms with van der Waals surface area (Å²) in [5.74, 6) is 0.659. The third-order valence-electron chi connectivity index (χ3n) is 5.93. The van der Waals surface area contributed by atoms with Crippen molar-refractivity contribution in [1.82, 2.24) is 9.88 Å². The molecule has 2 aromatic rings. The monoisotopic (exact) mass is 364 g/mol. The van der Waals surface area contributed by atoms with E-state index in [1.54, 1.807) is 24.3 Å². The lowest BCUT2D eigenvalue weighted by molar-refractivity contribution is -0.127. The van der Waals surface area contributed by atoms with Gasteiger partial charge in [0.2, 0.25) is 5.91 Å². The summed E-state index contributed by atoms with van der Waals surface area (Å²) in [7, 11) is 0. The van der Waals surface area contributed by atoms with E-state index in [1.165, 1.54) is 6.08 Å². The van der Waals surface area contributed by atoms with Gasteiger partial charge in [0.1, 0.15) is 11.6 Å². The van der Waals surface area contributed by atoms with Crippen LogP contribution in [0.15, 0.2) is 43.0 Å². The van der Waals surface area contributed by atoms with Crippen molar-refractivity contribution in [3.05, 3.63) is 59.8 Å². The molecular formula is C21H24N4O2. The largest absolute Gasteiger partial charge is 0.507 e. The molecule has 6 nitrogen and oxygen atoms in total. The predicted octanol–water partition coefficient (Wildman–Crippen LogP) is 2.58. The highest BCUT2D eigenvalue weighted by molar-refractivity contribution is 5.88. The number of aromatic amines is 1. The number of phenolic OH excluding ortho intramolecular Hbond substituents is 1. The Morgan fingerprint density at radius 2 is 2.19 bits per heavy atom. The molecule has 1 saturated heterocycles. The molecule has 6 heteroatoms. The molecule has 0 radical (unpaired) electrons. The Hall–Kier alpha value is -3.15. The van der Waals surface area contributed by atoms with Gasteiger partial charge in [-0.15, -0.1) is 0 Å². The first kappa shape index (κ1) is 17.3. The minimum Gasteiger partial charge on any atom is -0.507 e. The van der Waals surface area contributed by atoms with Crippen LogP contribution in [0.1, 0.15) is 36.1 Å². The van der Waals surface area contributed by atoms with Crippen LogP contribution in [0.3, 0.4) is 0 Å². The van der Waals surface area contributed by atoms with E-state index in [0.29, 0.717) is 23.6 Å². The maximum Gasteiger partial charge on any atom is 0.246 e. The number of carbonyl (C=O) groups is 1. The Morgan fingerprint density at radius 1 is 1.41 bits per heavy atom. The van der Waals surface area contributed by atoms with E-state index in [9.17, 15) is 9.90 Å². The number of benzene rings is 1. The van der Waals surface area contributed by atoms with Gasteiger partial charge in [-0.25, -0.2) is 0 Å². The second-order valence-corrected chi connectivity index (χ2v) is 7.52. The van der Waals surface area contributed by atoms with Gasteiger partial charge < -0.3 is 26.5 Å². The number of nitrogen functional groups attached to an aromatic ring is 1. The summed E-state index contributed by atoms with van der Waals surface area (Å²) < 4.78 is 0. The highest BCUT2D eigenvalue weighted by Crippen LogP contribution is 2.49. The van der Waals surface area contributed by atoms with Crippen LogP contribution >= 0.6 is 0 Å². The summed E-state index contributed by atoms with van der Waals surface area (Å²) in [6, 6.07) is 9.23. The number of hydrogen-bond donors (Lipinski definition) is 4. The molecule has 4 rings (SSSR count). The quantitative estimate of drug-likeness (QED) is 0.625. The standard InChI is InChI=1S/C21H24N4O2/c1-2-19(27)25-12-21(8-7-14(25)11-21)18-10-13(20(23)24-18)9-16(22)15-5-3-4-6-17(15)26/h2-6,9-10,14,24,26H,1,7-8,11-12,22-23H2/b16-9-. The van der Waals surface area contributed by atoms with Crippen LogP contribution in [0.25, 0.3) is 11.8 Å². The number of nitrogens with two attached hydrogens (primary N) is 2. The molecule has 1 aliphatic carbocycles. The third kappa shape index (κ3) is 2.77. The Bertz CT molecular complexity index is 945. The molecule has 2 aliphatic rings. The molecule has 0 spiro atoms. The van der Waals surface area contributed by atoms with E-state index >= 15 is 0 Å². The average Bonchev–Trinajstić information content (AvgIpc) is 3.35. The van der Waals surface area contributed by atoms with Crippen molar-refractivity contribution < 1.29 is 9.90 Å². The lowest BCUT2D eigenvalue weighted by Crippen LogP contribution is -2.40. The number of carbonyl (C=O) groups excluding carboxylic acids is 1. The third-order valence-corrected chi connectivity index (χ3v) is 5.93. The molecule has 6 N–H and O–H groups in total. The Labute approximate surface area is 158 Å². The fourth-order valence-electron chi connectivity index (χ4n) is 4.52. The van der Waals surface area contributed by atoms with E-state index in [1.807, 2.05) is 17.0 Å². The van der Waals surface area contributed by atoms with Gasteiger partial charge in [0, 0.05) is 40.5 Å². The van der Waals surface area contributed by atoms with Crippen molar-refractivity contribution in [3.63, 3.8) is 0 Å². The van der Waals surface area contributed by atoms with Crippen molar-refractivity contribution >= 4 is 23.5 Å². The minimum absolute atomic E-state index is 0.00924. The highest BCUT2D eigenvalue weighted by Gasteiger charge is 2.52. The number of anilines is 1. The van der Waals surface area contributed by atoms with Crippen LogP contribution < -0.4 is 11.5 Å². The number of nitrogens with one attached hydrogen (secondary N) is 1. The van der Waals surface area contributed by atoms with Crippen molar-refractivity contribution in [3.8, 4) is 5.75 Å². The first-order valence-electron chi connectivity index (χ1n) is 9.11. The van der Waals surface area contributed by atoms with Crippen LogP contribution in [0.5, 0.6) is 5.75 Å². The zero-order valence-electron chi connectivity index (χ0n) is 15.1. The van der Waals surface area contributed by atoms with Gasteiger partial charge in [-0.2, -0.15) is 0 Å². The zero-order valence-corrected chi connectivity index (χ0v) is 15.1. The maximum absolute atomic E-state index is 12.1. The molecule has 27 heavy (non-hydrogen) atoms. The molecule has 2 heterocycles. The number of piperidine rings is 1. The number of likely N-dealkylation sites (tertiary alicyclic amines) is 1. The van der Waals surface area contributed by atoms with E-state index in [-0.39, 0.29) is 23.1 Å². The summed E-state index contributed by atoms with van der Waals surface area (Å²) in [4.78, 5) is 17.3. The van der Waals surface area contributed by atoms with Crippen molar-refractivity contribution in [2.24, 2.45) is 5.73 Å². The molecule has 1 aliphatic heterocycles. The first-order chi connectivity index (χ1) is 12.9. The van der Waals surface area contributed by atoms with Gasteiger partial charge in [0.25, 0.3) is 0 Å². The smallest absolute Gasteiger partial charge is 0.246 e. The minimum atomic E-state index is -0.0901. The van der Waals surface area contributed by atoms with Gasteiger partial charge in [0.15, 0.2) is 0 Å². The first-order valence-corrected chi connectivity index (χ1v) is 9.11. The van der Waals surface area contributed by atoms with E-state index < -0.39 is 0 Å². The maximum atomic E-state index is 12.1. The molecule has 2 atom stereocenters. The van der Waals surface area contributed by atoms with Crippen LogP contribution in [0.4, 0.5) is 5.82 Å². The summed E-state index contributed by atoms with van der Waals surface area (Å²) in [5.41, 5.74) is 15.1. The fourth-order valence-corrected chi connectivity index (χ4v) is 4.52. The summed E-state index contributed by atoms with van der Waals surface area (Å²) in [6.45, 7) is 4.29. The summed E-state index contributed by atoms with van der Waals surface area (Å²) in [5, 5.41) is 9.99. The van der Waals surface area contributed by atoms with Gasteiger partial charge in [0.05, 0.1) is 0 Å². The molecule has 2 fully saturated rings. The second kappa shape index (κ2) is 6.23. The number of rotatable bonds is 4. The van der Waals surface area contributed by atoms with Crippen molar-refractivity contribution in [1.29, 1.82) is 0 Å². The lowest BCUT2D eigenvalue weighted by Gasteiger charge is -2.31. The Kier molecular flexibility index (Phi) is 3.98. The number of fused-ring (bicyclic) bond motifs is 2. The molecule has 2 unspecified atom stereocenters. The zero-order chi connectivity index (χ0) is 19.2. The van der Waals surface area contributed by atoms with Crippen LogP contribution in [0, 0.1) is 0 Å². The van der Waals surface area contributed by atoms with Gasteiger partial charge >= 0.3 is 0 Å². The van der Waals surface area contributed by atoms with E-state index in [0.717, 1.165) is 30.5 Å². The highest BCUT2D eigenvalue weighted by atomic mass is 16.3. The Balaban J connectivity index is 1.65. The molecular weight excluding hydrogens is 340 g/mol. The molecule has 1 aromatic carbocycles. The van der Waals surface area contributed by atoms with Gasteiger partial charge in [-0.1, -0.05) is 18.7 Å². The Morgan fingerprint density at radius 3 is 2.93 bits per heavy atom. The van der Waals surface area contributed by atoms with Gasteiger partial charge in [-0.3, -0.25) is 4.79 Å². The van der Waals surface area contributed by atoms with Crippen LogP contribution in [-0.4, -0.2) is 33.5 Å². The number of nitrogens with zero attached hydrogens (tertiary/aromatic N) is 1. The van der Waals surface area contributed by atoms with Gasteiger partial charge in [-0.05, 0) is 49.6 Å². The fraction of sp³-hybridized carbons (Fsp3) is 0.286. The molecule has 1 amide bonds. The summed E-state index contributed by atoms with van der Waals surface area (Å²) in [6.07, 6.45) is 6.11. The molecule has 140 valence electrons. The number of hydrogen-bond acceptors (Lipinski definition) is 4. The number of aromatic hydroxyl groups is 1. The topological polar surface area (TPSA) is 108 Å². The number of H-pyrrole nitrogens is 1.